The van der Waals surface area contributed by atoms with Gasteiger partial charge in [0.25, 0.3) is 5.91 Å². The van der Waals surface area contributed by atoms with Gasteiger partial charge in [-0.2, -0.15) is 0 Å². The predicted octanol–water partition coefficient (Wildman–Crippen LogP) is 5.41. The van der Waals surface area contributed by atoms with Crippen molar-refractivity contribution in [3.8, 4) is 11.3 Å². The van der Waals surface area contributed by atoms with Crippen LogP contribution in [0.2, 0.25) is 5.02 Å². The predicted molar refractivity (Wildman–Crippen MR) is 121 cm³/mol. The van der Waals surface area contributed by atoms with Crippen molar-refractivity contribution in [3.05, 3.63) is 83.6 Å². The van der Waals surface area contributed by atoms with Crippen LogP contribution in [0.1, 0.15) is 17.3 Å². The summed E-state index contributed by atoms with van der Waals surface area (Å²) in [5.41, 5.74) is 4.10. The van der Waals surface area contributed by atoms with Gasteiger partial charge in [0.1, 0.15) is 5.65 Å². The molecule has 0 saturated carbocycles. The number of carbonyl (C=O) groups excluding carboxylic acids is 1. The van der Waals surface area contributed by atoms with Gasteiger partial charge >= 0.3 is 6.09 Å². The molecule has 8 heteroatoms. The van der Waals surface area contributed by atoms with Crippen LogP contribution in [0.15, 0.2) is 73.1 Å². The molecular weight excluding hydrogens is 416 g/mol. The van der Waals surface area contributed by atoms with E-state index in [0.717, 1.165) is 16.9 Å². The molecule has 0 atom stereocenters. The highest BCUT2D eigenvalue weighted by atomic mass is 35.5. The smallest absolute Gasteiger partial charge is 0.409 e. The standard InChI is InChI=1S/C23H19ClN4O3/c1-2-27(19-10-6-17(24)7-11-19)22(29)16-5-12-21-25-13-20(28(21)14-16)15-3-8-18(9-4-15)26-23(30)31/h3-14,26H,2H2,1H3,(H,30,31). The number of nitrogens with one attached hydrogen (secondary N) is 1. The van der Waals surface area contributed by atoms with Crippen LogP contribution in [0.3, 0.4) is 0 Å². The molecule has 156 valence electrons. The van der Waals surface area contributed by atoms with E-state index in [1.807, 2.05) is 23.5 Å². The highest BCUT2D eigenvalue weighted by molar-refractivity contribution is 6.30. The number of hydrogen-bond acceptors (Lipinski definition) is 3. The Morgan fingerprint density at radius 2 is 1.77 bits per heavy atom. The van der Waals surface area contributed by atoms with Gasteiger partial charge in [-0.1, -0.05) is 23.7 Å². The van der Waals surface area contributed by atoms with E-state index in [1.54, 1.807) is 65.8 Å². The second-order valence-corrected chi connectivity index (χ2v) is 7.26. The van der Waals surface area contributed by atoms with Gasteiger partial charge in [0.2, 0.25) is 0 Å². The van der Waals surface area contributed by atoms with Gasteiger partial charge in [-0.25, -0.2) is 9.78 Å². The Kier molecular flexibility index (Phi) is 5.60. The summed E-state index contributed by atoms with van der Waals surface area (Å²) in [5.74, 6) is -0.132. The van der Waals surface area contributed by atoms with E-state index < -0.39 is 6.09 Å². The minimum atomic E-state index is -1.12. The number of halogens is 1. The Labute approximate surface area is 183 Å². The Bertz CT molecular complexity index is 1250. The zero-order valence-corrected chi connectivity index (χ0v) is 17.4. The molecule has 4 aromatic rings. The lowest BCUT2D eigenvalue weighted by molar-refractivity contribution is 0.0988. The molecule has 7 nitrogen and oxygen atoms in total. The molecule has 2 aromatic carbocycles. The number of rotatable bonds is 5. The Balaban J connectivity index is 1.68. The second kappa shape index (κ2) is 8.49. The number of hydrogen-bond donors (Lipinski definition) is 2. The molecule has 0 aliphatic heterocycles. The van der Waals surface area contributed by atoms with Crippen molar-refractivity contribution in [3.63, 3.8) is 0 Å². The van der Waals surface area contributed by atoms with Crippen LogP contribution < -0.4 is 10.2 Å². The number of carbonyl (C=O) groups is 2. The van der Waals surface area contributed by atoms with Crippen LogP contribution >= 0.6 is 11.6 Å². The van der Waals surface area contributed by atoms with Crippen molar-refractivity contribution in [1.29, 1.82) is 0 Å². The number of benzene rings is 2. The molecule has 2 N–H and O–H groups in total. The zero-order chi connectivity index (χ0) is 22.0. The lowest BCUT2D eigenvalue weighted by Gasteiger charge is -2.21. The molecule has 0 spiro atoms. The fourth-order valence-corrected chi connectivity index (χ4v) is 3.51. The molecule has 0 aliphatic rings. The van der Waals surface area contributed by atoms with E-state index in [2.05, 4.69) is 10.3 Å². The van der Waals surface area contributed by atoms with Gasteiger partial charge in [-0.05, 0) is 55.5 Å². The number of carboxylic acid groups (broad SMARTS) is 1. The lowest BCUT2D eigenvalue weighted by atomic mass is 10.1. The molecule has 0 saturated heterocycles. The first-order valence-electron chi connectivity index (χ1n) is 9.61. The fraction of sp³-hybridized carbons (Fsp3) is 0.0870. The number of nitrogens with zero attached hydrogens (tertiary/aromatic N) is 3. The van der Waals surface area contributed by atoms with Gasteiger partial charge in [0, 0.05) is 34.7 Å². The lowest BCUT2D eigenvalue weighted by Crippen LogP contribution is -2.30. The number of amides is 2. The molecule has 2 aromatic heterocycles. The largest absolute Gasteiger partial charge is 0.465 e. The van der Waals surface area contributed by atoms with Crippen molar-refractivity contribution >= 4 is 40.6 Å². The summed E-state index contributed by atoms with van der Waals surface area (Å²) < 4.78 is 1.85. The van der Waals surface area contributed by atoms with Crippen LogP contribution in [-0.2, 0) is 0 Å². The van der Waals surface area contributed by atoms with Crippen molar-refractivity contribution in [2.45, 2.75) is 6.92 Å². The van der Waals surface area contributed by atoms with Crippen LogP contribution in [0.5, 0.6) is 0 Å². The van der Waals surface area contributed by atoms with E-state index in [0.29, 0.717) is 28.5 Å². The molecule has 31 heavy (non-hydrogen) atoms. The molecule has 0 fully saturated rings. The van der Waals surface area contributed by atoms with Crippen molar-refractivity contribution in [2.24, 2.45) is 0 Å². The SMILES string of the molecule is CCN(C(=O)c1ccc2ncc(-c3ccc(NC(=O)O)cc3)n2c1)c1ccc(Cl)cc1. The van der Waals surface area contributed by atoms with E-state index in [9.17, 15) is 9.59 Å². The van der Waals surface area contributed by atoms with Gasteiger partial charge in [0.05, 0.1) is 17.5 Å². The second-order valence-electron chi connectivity index (χ2n) is 6.82. The first kappa shape index (κ1) is 20.4. The van der Waals surface area contributed by atoms with Gasteiger partial charge in [0.15, 0.2) is 0 Å². The molecular formula is C23H19ClN4O3. The maximum Gasteiger partial charge on any atom is 0.409 e. The molecule has 0 aliphatic carbocycles. The topological polar surface area (TPSA) is 86.9 Å². The van der Waals surface area contributed by atoms with Gasteiger partial charge < -0.3 is 10.0 Å². The summed E-state index contributed by atoms with van der Waals surface area (Å²) in [6.45, 7) is 2.42. The third-order valence-electron chi connectivity index (χ3n) is 4.88. The maximum absolute atomic E-state index is 13.2. The highest BCUT2D eigenvalue weighted by Crippen LogP contribution is 2.25. The summed E-state index contributed by atoms with van der Waals surface area (Å²) >= 11 is 5.97. The van der Waals surface area contributed by atoms with Crippen LogP contribution in [0.4, 0.5) is 16.2 Å². The van der Waals surface area contributed by atoms with Gasteiger partial charge in [-0.15, -0.1) is 0 Å². The van der Waals surface area contributed by atoms with Gasteiger partial charge in [-0.3, -0.25) is 14.5 Å². The minimum Gasteiger partial charge on any atom is -0.465 e. The number of imidazole rings is 1. The van der Waals surface area contributed by atoms with Crippen LogP contribution in [0, 0.1) is 0 Å². The van der Waals surface area contributed by atoms with Crippen LogP contribution in [-0.4, -0.2) is 33.0 Å². The summed E-state index contributed by atoms with van der Waals surface area (Å²) in [5, 5.41) is 11.8. The molecule has 2 heterocycles. The molecule has 0 unspecified atom stereocenters. The Morgan fingerprint density at radius 1 is 1.06 bits per heavy atom. The van der Waals surface area contributed by atoms with E-state index in [1.165, 1.54) is 0 Å². The summed E-state index contributed by atoms with van der Waals surface area (Å²) in [6.07, 6.45) is 2.37. The Morgan fingerprint density at radius 3 is 2.42 bits per heavy atom. The zero-order valence-electron chi connectivity index (χ0n) is 16.6. The number of fused-ring (bicyclic) bond motifs is 1. The van der Waals surface area contributed by atoms with Crippen LogP contribution in [0.25, 0.3) is 16.9 Å². The van der Waals surface area contributed by atoms with E-state index in [4.69, 9.17) is 16.7 Å². The van der Waals surface area contributed by atoms with Crippen molar-refractivity contribution in [1.82, 2.24) is 9.38 Å². The van der Waals surface area contributed by atoms with Crippen molar-refractivity contribution in [2.75, 3.05) is 16.8 Å². The summed E-state index contributed by atoms with van der Waals surface area (Å²) in [7, 11) is 0. The average Bonchev–Trinajstić information content (AvgIpc) is 3.19. The van der Waals surface area contributed by atoms with E-state index in [-0.39, 0.29) is 5.91 Å². The quantitative estimate of drug-likeness (QED) is 0.439. The maximum atomic E-state index is 13.2. The molecule has 0 radical (unpaired) electrons. The summed E-state index contributed by atoms with van der Waals surface area (Å²) in [6, 6.07) is 17.7. The van der Waals surface area contributed by atoms with E-state index >= 15 is 0 Å². The highest BCUT2D eigenvalue weighted by Gasteiger charge is 2.18. The number of aromatic nitrogens is 2. The first-order valence-corrected chi connectivity index (χ1v) is 9.99. The van der Waals surface area contributed by atoms with Crippen molar-refractivity contribution < 1.29 is 14.7 Å². The average molecular weight is 435 g/mol. The monoisotopic (exact) mass is 434 g/mol. The fourth-order valence-electron chi connectivity index (χ4n) is 3.39. The molecule has 4 rings (SSSR count). The molecule has 0 bridgehead atoms. The normalized spacial score (nSPS) is 10.8. The first-order chi connectivity index (χ1) is 15.0. The molecule has 2 amide bonds. The number of pyridine rings is 1. The third kappa shape index (κ3) is 4.22. The summed E-state index contributed by atoms with van der Waals surface area (Å²) in [4.78, 5) is 30.1. The number of anilines is 2. The Hall–Kier alpha value is -3.84. The minimum absolute atomic E-state index is 0.132. The third-order valence-corrected chi connectivity index (χ3v) is 5.14.